The van der Waals surface area contributed by atoms with Crippen molar-refractivity contribution in [2.45, 2.75) is 25.8 Å². The summed E-state index contributed by atoms with van der Waals surface area (Å²) in [6.07, 6.45) is 6.08. The number of nitrogens with one attached hydrogen (secondary N) is 1. The second kappa shape index (κ2) is 6.24. The van der Waals surface area contributed by atoms with Gasteiger partial charge >= 0.3 is 0 Å². The molecule has 0 saturated heterocycles. The smallest absolute Gasteiger partial charge is 0.180 e. The van der Waals surface area contributed by atoms with Crippen LogP contribution in [0.5, 0.6) is 0 Å². The molecule has 1 aliphatic heterocycles. The van der Waals surface area contributed by atoms with E-state index < -0.39 is 0 Å². The highest BCUT2D eigenvalue weighted by atomic mass is 19.1. The minimum atomic E-state index is -0.180. The molecule has 0 atom stereocenters. The summed E-state index contributed by atoms with van der Waals surface area (Å²) >= 11 is 0. The molecule has 0 spiro atoms. The average Bonchev–Trinajstić information content (AvgIpc) is 2.94. The largest absolute Gasteiger partial charge is 0.619 e. The molecule has 0 fully saturated rings. The number of rotatable bonds is 4. The van der Waals surface area contributed by atoms with Crippen LogP contribution in [0, 0.1) is 11.0 Å². The Morgan fingerprint density at radius 3 is 2.88 bits per heavy atom. The summed E-state index contributed by atoms with van der Waals surface area (Å²) in [4.78, 5) is 5.85. The van der Waals surface area contributed by atoms with Crippen molar-refractivity contribution in [3.05, 3.63) is 70.6 Å². The average molecular weight is 325 g/mol. The van der Waals surface area contributed by atoms with Crippen molar-refractivity contribution in [3.63, 3.8) is 0 Å². The molecule has 3 aromatic rings. The lowest BCUT2D eigenvalue weighted by atomic mass is 10.0. The van der Waals surface area contributed by atoms with E-state index in [1.54, 1.807) is 18.5 Å². The quantitative estimate of drug-likeness (QED) is 0.592. The zero-order valence-electron chi connectivity index (χ0n) is 13.5. The van der Waals surface area contributed by atoms with Crippen LogP contribution in [-0.4, -0.2) is 23.0 Å². The van der Waals surface area contributed by atoms with Crippen LogP contribution in [0.1, 0.15) is 23.2 Å². The number of aromatic nitrogens is 2. The van der Waals surface area contributed by atoms with Crippen molar-refractivity contribution in [3.8, 4) is 0 Å². The van der Waals surface area contributed by atoms with Crippen LogP contribution in [0.25, 0.3) is 10.9 Å². The van der Waals surface area contributed by atoms with Crippen LogP contribution in [-0.2, 0) is 19.4 Å². The SMILES string of the molecule is [O-][n+]1ccc(CCCN2CCc3[nH]c4ccc(F)cc4c3C2)cc1. The van der Waals surface area contributed by atoms with Gasteiger partial charge in [0.15, 0.2) is 12.4 Å². The molecule has 1 N–H and O–H groups in total. The molecular weight excluding hydrogens is 305 g/mol. The van der Waals surface area contributed by atoms with E-state index in [0.29, 0.717) is 0 Å². The van der Waals surface area contributed by atoms with Crippen molar-refractivity contribution >= 4 is 10.9 Å². The number of aromatic amines is 1. The summed E-state index contributed by atoms with van der Waals surface area (Å²) in [5.74, 6) is -0.180. The standard InChI is InChI=1S/C19H20FN3O/c20-15-3-4-18-16(12-15)17-13-22(9-7-19(17)21-18)8-1-2-14-5-10-23(24)11-6-14/h3-6,10-12,21H,1-2,7-9,13H2. The third-order valence-corrected chi connectivity index (χ3v) is 4.83. The van der Waals surface area contributed by atoms with E-state index in [1.807, 2.05) is 18.2 Å². The molecule has 0 unspecified atom stereocenters. The van der Waals surface area contributed by atoms with Gasteiger partial charge in [-0.3, -0.25) is 4.90 Å². The van der Waals surface area contributed by atoms with E-state index in [2.05, 4.69) is 9.88 Å². The van der Waals surface area contributed by atoms with Gasteiger partial charge in [0, 0.05) is 48.2 Å². The van der Waals surface area contributed by atoms with Crippen LogP contribution >= 0.6 is 0 Å². The molecule has 0 amide bonds. The molecule has 0 bridgehead atoms. The summed E-state index contributed by atoms with van der Waals surface area (Å²) in [5, 5.41) is 12.1. The lowest BCUT2D eigenvalue weighted by molar-refractivity contribution is -0.605. The highest BCUT2D eigenvalue weighted by Gasteiger charge is 2.20. The van der Waals surface area contributed by atoms with Crippen molar-refractivity contribution in [2.24, 2.45) is 0 Å². The minimum absolute atomic E-state index is 0.180. The van der Waals surface area contributed by atoms with Crippen LogP contribution in [0.15, 0.2) is 42.7 Å². The van der Waals surface area contributed by atoms with Gasteiger partial charge in [0.05, 0.1) is 0 Å². The van der Waals surface area contributed by atoms with Gasteiger partial charge < -0.3 is 10.2 Å². The normalized spacial score (nSPS) is 14.9. The Labute approximate surface area is 140 Å². The molecule has 124 valence electrons. The first kappa shape index (κ1) is 15.1. The third-order valence-electron chi connectivity index (χ3n) is 4.83. The topological polar surface area (TPSA) is 46.0 Å². The van der Waals surface area contributed by atoms with E-state index in [4.69, 9.17) is 0 Å². The number of H-pyrrole nitrogens is 1. The first-order valence-corrected chi connectivity index (χ1v) is 8.38. The van der Waals surface area contributed by atoms with Gasteiger partial charge in [0.1, 0.15) is 5.82 Å². The van der Waals surface area contributed by atoms with E-state index in [0.717, 1.165) is 54.5 Å². The summed E-state index contributed by atoms with van der Waals surface area (Å²) in [6, 6.07) is 8.72. The fraction of sp³-hybridized carbons (Fsp3) is 0.316. The summed E-state index contributed by atoms with van der Waals surface area (Å²) in [5.41, 5.74) is 4.70. The Morgan fingerprint density at radius 2 is 2.04 bits per heavy atom. The highest BCUT2D eigenvalue weighted by Crippen LogP contribution is 2.28. The summed E-state index contributed by atoms with van der Waals surface area (Å²) < 4.78 is 14.4. The molecule has 0 aliphatic carbocycles. The predicted octanol–water partition coefficient (Wildman–Crippen LogP) is 2.93. The van der Waals surface area contributed by atoms with Gasteiger partial charge in [0.2, 0.25) is 0 Å². The molecule has 2 aromatic heterocycles. The van der Waals surface area contributed by atoms with Gasteiger partial charge in [-0.05, 0) is 48.7 Å². The Balaban J connectivity index is 1.41. The van der Waals surface area contributed by atoms with E-state index in [-0.39, 0.29) is 5.82 Å². The van der Waals surface area contributed by atoms with Crippen LogP contribution in [0.3, 0.4) is 0 Å². The van der Waals surface area contributed by atoms with E-state index >= 15 is 0 Å². The zero-order chi connectivity index (χ0) is 16.5. The summed E-state index contributed by atoms with van der Waals surface area (Å²) in [6.45, 7) is 2.90. The van der Waals surface area contributed by atoms with Gasteiger partial charge in [-0.15, -0.1) is 0 Å². The highest BCUT2D eigenvalue weighted by molar-refractivity contribution is 5.84. The van der Waals surface area contributed by atoms with Crippen molar-refractivity contribution in [1.82, 2.24) is 9.88 Å². The maximum absolute atomic E-state index is 13.5. The molecule has 3 heterocycles. The number of hydrogen-bond donors (Lipinski definition) is 1. The van der Waals surface area contributed by atoms with E-state index in [9.17, 15) is 9.60 Å². The fourth-order valence-electron chi connectivity index (χ4n) is 3.55. The lowest BCUT2D eigenvalue weighted by Crippen LogP contribution is -2.31. The Kier molecular flexibility index (Phi) is 3.94. The maximum Gasteiger partial charge on any atom is 0.180 e. The number of fused-ring (bicyclic) bond motifs is 3. The number of nitrogens with zero attached hydrogens (tertiary/aromatic N) is 2. The number of halogens is 1. The van der Waals surface area contributed by atoms with Gasteiger partial charge in [-0.1, -0.05) is 0 Å². The molecule has 1 aliphatic rings. The molecule has 1 aromatic carbocycles. The van der Waals surface area contributed by atoms with Crippen LogP contribution in [0.4, 0.5) is 4.39 Å². The van der Waals surface area contributed by atoms with E-state index in [1.165, 1.54) is 22.9 Å². The molecule has 0 radical (unpaired) electrons. The number of pyridine rings is 1. The molecule has 4 rings (SSSR count). The van der Waals surface area contributed by atoms with Crippen molar-refractivity contribution < 1.29 is 9.12 Å². The summed E-state index contributed by atoms with van der Waals surface area (Å²) in [7, 11) is 0. The zero-order valence-corrected chi connectivity index (χ0v) is 13.5. The van der Waals surface area contributed by atoms with Crippen LogP contribution < -0.4 is 4.73 Å². The molecule has 5 heteroatoms. The number of aryl methyl sites for hydroxylation is 1. The van der Waals surface area contributed by atoms with Gasteiger partial charge in [-0.2, -0.15) is 4.73 Å². The Hall–Kier alpha value is -2.40. The third kappa shape index (κ3) is 2.99. The molecule has 0 saturated carbocycles. The van der Waals surface area contributed by atoms with Crippen molar-refractivity contribution in [2.75, 3.05) is 13.1 Å². The first-order valence-electron chi connectivity index (χ1n) is 8.38. The minimum Gasteiger partial charge on any atom is -0.619 e. The Morgan fingerprint density at radius 1 is 1.21 bits per heavy atom. The first-order chi connectivity index (χ1) is 11.7. The molecular formula is C19H20FN3O. The van der Waals surface area contributed by atoms with Gasteiger partial charge in [0.25, 0.3) is 0 Å². The number of hydrogen-bond acceptors (Lipinski definition) is 2. The maximum atomic E-state index is 13.5. The Bertz CT molecular complexity index is 857. The molecule has 24 heavy (non-hydrogen) atoms. The monoisotopic (exact) mass is 325 g/mol. The fourth-order valence-corrected chi connectivity index (χ4v) is 3.55. The lowest BCUT2D eigenvalue weighted by Gasteiger charge is -2.27. The second-order valence-electron chi connectivity index (χ2n) is 6.47. The second-order valence-corrected chi connectivity index (χ2v) is 6.47. The molecule has 4 nitrogen and oxygen atoms in total. The van der Waals surface area contributed by atoms with Gasteiger partial charge in [-0.25, -0.2) is 4.39 Å². The number of benzene rings is 1. The predicted molar refractivity (Wildman–Crippen MR) is 91.0 cm³/mol. The van der Waals surface area contributed by atoms with Crippen molar-refractivity contribution in [1.29, 1.82) is 0 Å². The van der Waals surface area contributed by atoms with Crippen LogP contribution in [0.2, 0.25) is 0 Å².